The molecule has 5 heteroatoms. The lowest BCUT2D eigenvalue weighted by molar-refractivity contribution is 0.107. The molecule has 0 aromatic carbocycles. The minimum absolute atomic E-state index is 0.0947. The molecule has 0 aromatic rings. The maximum atomic E-state index is 10.0. The molecule has 92 valence electrons. The van der Waals surface area contributed by atoms with Crippen LogP contribution >= 0.6 is 11.8 Å². The van der Waals surface area contributed by atoms with E-state index in [1.165, 1.54) is 37.4 Å². The predicted molar refractivity (Wildman–Crippen MR) is 68.4 cm³/mol. The lowest BCUT2D eigenvalue weighted by Gasteiger charge is -2.31. The van der Waals surface area contributed by atoms with Gasteiger partial charge in [0.25, 0.3) is 0 Å². The Morgan fingerprint density at radius 1 is 1.56 bits per heavy atom. The fourth-order valence-corrected chi connectivity index (χ4v) is 3.32. The molecule has 1 heterocycles. The van der Waals surface area contributed by atoms with E-state index >= 15 is 0 Å². The molecule has 4 atom stereocenters. The number of aliphatic hydroxyl groups is 1. The molecule has 0 aromatic heterocycles. The first-order valence-electron chi connectivity index (χ1n) is 6.06. The Bertz CT molecular complexity index is 272. The molecule has 1 fully saturated rings. The molecular weight excluding hydrogens is 222 g/mol. The Kier molecular flexibility index (Phi) is 4.10. The van der Waals surface area contributed by atoms with Crippen molar-refractivity contribution in [1.29, 1.82) is 0 Å². The molecular formula is C11H21N3OS. The minimum Gasteiger partial charge on any atom is -0.379 e. The van der Waals surface area contributed by atoms with E-state index in [0.29, 0.717) is 17.8 Å². The van der Waals surface area contributed by atoms with Crippen LogP contribution in [0.2, 0.25) is 0 Å². The molecule has 4 N–H and O–H groups in total. The van der Waals surface area contributed by atoms with Gasteiger partial charge in [-0.15, -0.1) is 0 Å². The third-order valence-electron chi connectivity index (χ3n) is 3.39. The Hall–Kier alpha value is -0.260. The molecule has 2 aliphatic rings. The maximum absolute atomic E-state index is 10.0. The van der Waals surface area contributed by atoms with Crippen molar-refractivity contribution >= 4 is 16.9 Å². The van der Waals surface area contributed by atoms with E-state index in [9.17, 15) is 5.11 Å². The molecule has 0 radical (unpaired) electrons. The van der Waals surface area contributed by atoms with Crippen LogP contribution in [0.4, 0.5) is 0 Å². The van der Waals surface area contributed by atoms with Crippen molar-refractivity contribution in [3.8, 4) is 0 Å². The van der Waals surface area contributed by atoms with Gasteiger partial charge >= 0.3 is 0 Å². The number of rotatable bonds is 3. The van der Waals surface area contributed by atoms with Crippen LogP contribution in [0.3, 0.4) is 0 Å². The SMILES string of the molecule is CC1CCCC(NC(O)C2CN=C(N)S2)C1. The lowest BCUT2D eigenvalue weighted by atomic mass is 9.87. The second kappa shape index (κ2) is 5.38. The van der Waals surface area contributed by atoms with Crippen LogP contribution in [0.25, 0.3) is 0 Å². The van der Waals surface area contributed by atoms with Crippen molar-refractivity contribution in [2.24, 2.45) is 16.6 Å². The fourth-order valence-electron chi connectivity index (χ4n) is 2.51. The second-order valence-electron chi connectivity index (χ2n) is 4.92. The summed E-state index contributed by atoms with van der Waals surface area (Å²) >= 11 is 1.48. The van der Waals surface area contributed by atoms with Gasteiger partial charge in [0.05, 0.1) is 11.8 Å². The molecule has 0 amide bonds. The van der Waals surface area contributed by atoms with Crippen LogP contribution in [-0.4, -0.2) is 34.3 Å². The third kappa shape index (κ3) is 3.12. The highest BCUT2D eigenvalue weighted by molar-refractivity contribution is 8.14. The monoisotopic (exact) mass is 243 g/mol. The first-order valence-corrected chi connectivity index (χ1v) is 6.94. The number of aliphatic hydroxyl groups excluding tert-OH is 1. The quantitative estimate of drug-likeness (QED) is 0.644. The van der Waals surface area contributed by atoms with E-state index in [-0.39, 0.29) is 5.25 Å². The average molecular weight is 243 g/mol. The standard InChI is InChI=1S/C11H21N3OS/c1-7-3-2-4-8(5-7)14-10(15)9-6-13-11(12)16-9/h7-10,14-15H,2-6H2,1H3,(H2,12,13). The van der Waals surface area contributed by atoms with E-state index < -0.39 is 6.23 Å². The summed E-state index contributed by atoms with van der Waals surface area (Å²) in [5.41, 5.74) is 5.59. The zero-order valence-electron chi connectivity index (χ0n) is 9.72. The highest BCUT2D eigenvalue weighted by Gasteiger charge is 2.28. The van der Waals surface area contributed by atoms with E-state index in [0.717, 1.165) is 5.92 Å². The summed E-state index contributed by atoms with van der Waals surface area (Å²) in [4.78, 5) is 4.10. The lowest BCUT2D eigenvalue weighted by Crippen LogP contribution is -2.46. The molecule has 2 rings (SSSR count). The summed E-state index contributed by atoms with van der Waals surface area (Å²) in [6, 6.07) is 0.459. The van der Waals surface area contributed by atoms with E-state index in [1.807, 2.05) is 0 Å². The van der Waals surface area contributed by atoms with Crippen molar-refractivity contribution < 1.29 is 5.11 Å². The summed E-state index contributed by atoms with van der Waals surface area (Å²) in [6.45, 7) is 2.92. The topological polar surface area (TPSA) is 70.6 Å². The summed E-state index contributed by atoms with van der Waals surface area (Å²) in [6.07, 6.45) is 4.45. The van der Waals surface area contributed by atoms with Gasteiger partial charge in [0.15, 0.2) is 5.17 Å². The van der Waals surface area contributed by atoms with E-state index in [1.54, 1.807) is 0 Å². The summed E-state index contributed by atoms with van der Waals surface area (Å²) < 4.78 is 0. The minimum atomic E-state index is -0.481. The first kappa shape index (κ1) is 12.2. The molecule has 1 aliphatic carbocycles. The summed E-state index contributed by atoms with van der Waals surface area (Å²) in [7, 11) is 0. The van der Waals surface area contributed by atoms with Crippen LogP contribution in [0, 0.1) is 5.92 Å². The Morgan fingerprint density at radius 2 is 2.38 bits per heavy atom. The van der Waals surface area contributed by atoms with Crippen molar-refractivity contribution in [3.05, 3.63) is 0 Å². The van der Waals surface area contributed by atoms with Gasteiger partial charge in [0, 0.05) is 6.04 Å². The Balaban J connectivity index is 1.76. The van der Waals surface area contributed by atoms with Gasteiger partial charge in [-0.3, -0.25) is 10.3 Å². The van der Waals surface area contributed by atoms with Gasteiger partial charge in [-0.05, 0) is 18.8 Å². The van der Waals surface area contributed by atoms with Crippen LogP contribution < -0.4 is 11.1 Å². The molecule has 1 saturated carbocycles. The maximum Gasteiger partial charge on any atom is 0.154 e. The van der Waals surface area contributed by atoms with Crippen molar-refractivity contribution in [3.63, 3.8) is 0 Å². The molecule has 1 aliphatic heterocycles. The Labute approximate surface area is 101 Å². The Morgan fingerprint density at radius 3 is 3.00 bits per heavy atom. The summed E-state index contributed by atoms with van der Waals surface area (Å²) in [5.74, 6) is 0.774. The molecule has 0 spiro atoms. The van der Waals surface area contributed by atoms with E-state index in [2.05, 4.69) is 17.2 Å². The average Bonchev–Trinajstić information content (AvgIpc) is 2.65. The molecule has 0 saturated heterocycles. The second-order valence-corrected chi connectivity index (χ2v) is 6.17. The van der Waals surface area contributed by atoms with Gasteiger partial charge in [-0.1, -0.05) is 31.5 Å². The number of thioether (sulfide) groups is 1. The van der Waals surface area contributed by atoms with Gasteiger partial charge < -0.3 is 10.8 Å². The van der Waals surface area contributed by atoms with Gasteiger partial charge in [-0.25, -0.2) is 0 Å². The van der Waals surface area contributed by atoms with Crippen LogP contribution in [0.5, 0.6) is 0 Å². The van der Waals surface area contributed by atoms with Gasteiger partial charge in [0.1, 0.15) is 6.23 Å². The zero-order valence-corrected chi connectivity index (χ0v) is 10.5. The van der Waals surface area contributed by atoms with Crippen molar-refractivity contribution in [1.82, 2.24) is 5.32 Å². The van der Waals surface area contributed by atoms with Crippen molar-refractivity contribution in [2.75, 3.05) is 6.54 Å². The largest absolute Gasteiger partial charge is 0.379 e. The van der Waals surface area contributed by atoms with Crippen LogP contribution in [0.15, 0.2) is 4.99 Å². The number of nitrogens with two attached hydrogens (primary N) is 1. The molecule has 16 heavy (non-hydrogen) atoms. The number of nitrogens with zero attached hydrogens (tertiary/aromatic N) is 1. The van der Waals surface area contributed by atoms with Crippen LogP contribution in [-0.2, 0) is 0 Å². The molecule has 4 nitrogen and oxygen atoms in total. The number of nitrogens with one attached hydrogen (secondary N) is 1. The number of amidine groups is 1. The highest BCUT2D eigenvalue weighted by atomic mass is 32.2. The smallest absolute Gasteiger partial charge is 0.154 e. The zero-order chi connectivity index (χ0) is 11.5. The van der Waals surface area contributed by atoms with Crippen LogP contribution in [0.1, 0.15) is 32.6 Å². The number of hydrogen-bond donors (Lipinski definition) is 3. The summed E-state index contributed by atoms with van der Waals surface area (Å²) in [5, 5.41) is 14.1. The third-order valence-corrected chi connectivity index (χ3v) is 4.47. The molecule has 0 bridgehead atoms. The van der Waals surface area contributed by atoms with Gasteiger partial charge in [0.2, 0.25) is 0 Å². The van der Waals surface area contributed by atoms with E-state index in [4.69, 9.17) is 5.73 Å². The number of hydrogen-bond acceptors (Lipinski definition) is 5. The molecule has 4 unspecified atom stereocenters. The fraction of sp³-hybridized carbons (Fsp3) is 0.909. The first-order chi connectivity index (χ1) is 7.65. The van der Waals surface area contributed by atoms with Crippen molar-refractivity contribution in [2.45, 2.75) is 50.1 Å². The number of aliphatic imine (C=N–C) groups is 1. The normalized spacial score (nSPS) is 37.1. The highest BCUT2D eigenvalue weighted by Crippen LogP contribution is 2.26. The van der Waals surface area contributed by atoms with Gasteiger partial charge in [-0.2, -0.15) is 0 Å². The predicted octanol–water partition coefficient (Wildman–Crippen LogP) is 0.903.